The SMILES string of the molecule is [CH2]CCCc1coc(O)c1. The van der Waals surface area contributed by atoms with Crippen LogP contribution in [0.1, 0.15) is 18.4 Å². The van der Waals surface area contributed by atoms with E-state index in [1.807, 2.05) is 0 Å². The average Bonchev–Trinajstić information content (AvgIpc) is 2.31. The van der Waals surface area contributed by atoms with Crippen molar-refractivity contribution in [3.05, 3.63) is 24.8 Å². The van der Waals surface area contributed by atoms with E-state index in [4.69, 9.17) is 9.52 Å². The van der Waals surface area contributed by atoms with Crippen LogP contribution in [0, 0.1) is 6.92 Å². The summed E-state index contributed by atoms with van der Waals surface area (Å²) in [5.41, 5.74) is 1.04. The maximum atomic E-state index is 8.77. The number of aryl methyl sites for hydroxylation is 1. The Labute approximate surface area is 60.5 Å². The molecule has 0 aromatic carbocycles. The van der Waals surface area contributed by atoms with Crippen molar-refractivity contribution in [2.24, 2.45) is 0 Å². The molecule has 1 aromatic rings. The molecule has 2 nitrogen and oxygen atoms in total. The Morgan fingerprint density at radius 2 is 2.40 bits per heavy atom. The van der Waals surface area contributed by atoms with Crippen LogP contribution in [-0.2, 0) is 6.42 Å². The fourth-order valence-electron chi connectivity index (χ4n) is 0.823. The van der Waals surface area contributed by atoms with Gasteiger partial charge in [-0.3, -0.25) is 0 Å². The lowest BCUT2D eigenvalue weighted by Gasteiger charge is -1.89. The summed E-state index contributed by atoms with van der Waals surface area (Å²) in [4.78, 5) is 0. The van der Waals surface area contributed by atoms with E-state index >= 15 is 0 Å². The maximum Gasteiger partial charge on any atom is 0.281 e. The van der Waals surface area contributed by atoms with Gasteiger partial charge >= 0.3 is 0 Å². The number of aromatic hydroxyl groups is 1. The quantitative estimate of drug-likeness (QED) is 0.696. The van der Waals surface area contributed by atoms with Crippen molar-refractivity contribution in [2.75, 3.05) is 0 Å². The second-order valence-corrected chi connectivity index (χ2v) is 2.25. The molecular formula is C8H11O2. The zero-order valence-corrected chi connectivity index (χ0v) is 5.84. The molecule has 1 N–H and O–H groups in total. The molecule has 0 unspecified atom stereocenters. The molecule has 1 heterocycles. The Morgan fingerprint density at radius 1 is 1.60 bits per heavy atom. The molecule has 1 aromatic heterocycles. The fourth-order valence-corrected chi connectivity index (χ4v) is 0.823. The van der Waals surface area contributed by atoms with Crippen molar-refractivity contribution < 1.29 is 9.52 Å². The molecule has 0 saturated heterocycles. The largest absolute Gasteiger partial charge is 0.481 e. The standard InChI is InChI=1S/C8H11O2/c1-2-3-4-7-5-8(9)10-6-7/h5-6,9H,1-4H2. The smallest absolute Gasteiger partial charge is 0.281 e. The monoisotopic (exact) mass is 139 g/mol. The van der Waals surface area contributed by atoms with Crippen molar-refractivity contribution in [3.63, 3.8) is 0 Å². The van der Waals surface area contributed by atoms with Gasteiger partial charge in [0.1, 0.15) is 0 Å². The average molecular weight is 139 g/mol. The van der Waals surface area contributed by atoms with Crippen LogP contribution in [0.2, 0.25) is 0 Å². The number of unbranched alkanes of at least 4 members (excludes halogenated alkanes) is 1. The van der Waals surface area contributed by atoms with Crippen LogP contribution in [0.15, 0.2) is 16.7 Å². The Bertz CT molecular complexity index is 191. The second kappa shape index (κ2) is 3.30. The van der Waals surface area contributed by atoms with E-state index in [1.54, 1.807) is 12.3 Å². The molecule has 0 aliphatic carbocycles. The molecule has 1 radical (unpaired) electrons. The van der Waals surface area contributed by atoms with E-state index in [9.17, 15) is 0 Å². The van der Waals surface area contributed by atoms with Crippen molar-refractivity contribution in [3.8, 4) is 5.95 Å². The van der Waals surface area contributed by atoms with Gasteiger partial charge in [-0.05, 0) is 18.4 Å². The number of rotatable bonds is 3. The summed E-state index contributed by atoms with van der Waals surface area (Å²) in [6.45, 7) is 3.71. The highest BCUT2D eigenvalue weighted by Gasteiger charge is 1.97. The normalized spacial score (nSPS) is 10.1. The third-order valence-corrected chi connectivity index (χ3v) is 1.36. The van der Waals surface area contributed by atoms with E-state index in [-0.39, 0.29) is 5.95 Å². The van der Waals surface area contributed by atoms with E-state index in [0.717, 1.165) is 24.8 Å². The molecule has 55 valence electrons. The summed E-state index contributed by atoms with van der Waals surface area (Å²) in [5, 5.41) is 8.77. The first-order valence-electron chi connectivity index (χ1n) is 3.38. The van der Waals surface area contributed by atoms with Gasteiger partial charge in [0.05, 0.1) is 6.26 Å². The summed E-state index contributed by atoms with van der Waals surface area (Å²) in [6, 6.07) is 1.63. The molecule has 0 fully saturated rings. The molecule has 0 amide bonds. The first kappa shape index (κ1) is 7.19. The van der Waals surface area contributed by atoms with Crippen LogP contribution >= 0.6 is 0 Å². The van der Waals surface area contributed by atoms with E-state index in [2.05, 4.69) is 6.92 Å². The van der Waals surface area contributed by atoms with Gasteiger partial charge in [0, 0.05) is 6.07 Å². The fraction of sp³-hybridized carbons (Fsp3) is 0.375. The van der Waals surface area contributed by atoms with Gasteiger partial charge in [0.2, 0.25) is 0 Å². The van der Waals surface area contributed by atoms with E-state index < -0.39 is 0 Å². The van der Waals surface area contributed by atoms with Crippen LogP contribution in [0.5, 0.6) is 5.95 Å². The van der Waals surface area contributed by atoms with Gasteiger partial charge in [-0.15, -0.1) is 0 Å². The van der Waals surface area contributed by atoms with Crippen LogP contribution in [-0.4, -0.2) is 5.11 Å². The topological polar surface area (TPSA) is 33.4 Å². The van der Waals surface area contributed by atoms with Crippen LogP contribution < -0.4 is 0 Å². The second-order valence-electron chi connectivity index (χ2n) is 2.25. The van der Waals surface area contributed by atoms with Gasteiger partial charge in [-0.2, -0.15) is 0 Å². The molecule has 0 atom stereocenters. The van der Waals surface area contributed by atoms with Crippen molar-refractivity contribution in [1.82, 2.24) is 0 Å². The molecule has 0 aliphatic heterocycles. The third-order valence-electron chi connectivity index (χ3n) is 1.36. The summed E-state index contributed by atoms with van der Waals surface area (Å²) in [7, 11) is 0. The van der Waals surface area contributed by atoms with Crippen molar-refractivity contribution >= 4 is 0 Å². The Hall–Kier alpha value is -0.920. The highest BCUT2D eigenvalue weighted by Crippen LogP contribution is 2.15. The maximum absolute atomic E-state index is 8.77. The summed E-state index contributed by atoms with van der Waals surface area (Å²) in [5.74, 6) is -0.000868. The number of hydrogen-bond acceptors (Lipinski definition) is 2. The van der Waals surface area contributed by atoms with Gasteiger partial charge in [-0.25, -0.2) is 0 Å². The van der Waals surface area contributed by atoms with Gasteiger partial charge < -0.3 is 9.52 Å². The first-order chi connectivity index (χ1) is 4.83. The van der Waals surface area contributed by atoms with Crippen molar-refractivity contribution in [1.29, 1.82) is 0 Å². The highest BCUT2D eigenvalue weighted by molar-refractivity contribution is 5.15. The summed E-state index contributed by atoms with van der Waals surface area (Å²) in [6.07, 6.45) is 4.48. The minimum Gasteiger partial charge on any atom is -0.481 e. The van der Waals surface area contributed by atoms with Crippen LogP contribution in [0.4, 0.5) is 0 Å². The zero-order valence-electron chi connectivity index (χ0n) is 5.84. The molecule has 2 heteroatoms. The van der Waals surface area contributed by atoms with Gasteiger partial charge in [0.15, 0.2) is 0 Å². The summed E-state index contributed by atoms with van der Waals surface area (Å²) >= 11 is 0. The lowest BCUT2D eigenvalue weighted by Crippen LogP contribution is -1.78. The lowest BCUT2D eigenvalue weighted by atomic mass is 10.2. The zero-order chi connectivity index (χ0) is 7.40. The van der Waals surface area contributed by atoms with Gasteiger partial charge in [-0.1, -0.05) is 13.3 Å². The minimum atomic E-state index is -0.000868. The minimum absolute atomic E-state index is 0.000868. The first-order valence-corrected chi connectivity index (χ1v) is 3.38. The number of hydrogen-bond donors (Lipinski definition) is 1. The molecule has 1 rings (SSSR count). The Kier molecular flexibility index (Phi) is 2.37. The predicted molar refractivity (Wildman–Crippen MR) is 38.7 cm³/mol. The Morgan fingerprint density at radius 3 is 2.90 bits per heavy atom. The third kappa shape index (κ3) is 1.79. The molecule has 0 bridgehead atoms. The van der Waals surface area contributed by atoms with Crippen LogP contribution in [0.25, 0.3) is 0 Å². The lowest BCUT2D eigenvalue weighted by molar-refractivity contribution is 0.332. The highest BCUT2D eigenvalue weighted by atomic mass is 16.5. The molecule has 0 aliphatic rings. The molecule has 0 spiro atoms. The predicted octanol–water partition coefficient (Wildman–Crippen LogP) is 2.14. The van der Waals surface area contributed by atoms with Crippen LogP contribution in [0.3, 0.4) is 0 Å². The number of furan rings is 1. The summed E-state index contributed by atoms with van der Waals surface area (Å²) < 4.78 is 4.70. The molecule has 0 saturated carbocycles. The Balaban J connectivity index is 2.42. The van der Waals surface area contributed by atoms with E-state index in [0.29, 0.717) is 0 Å². The molecule has 10 heavy (non-hydrogen) atoms. The van der Waals surface area contributed by atoms with E-state index in [1.165, 1.54) is 0 Å². The van der Waals surface area contributed by atoms with Gasteiger partial charge in [0.25, 0.3) is 5.95 Å². The van der Waals surface area contributed by atoms with Crippen molar-refractivity contribution in [2.45, 2.75) is 19.3 Å². The molecular weight excluding hydrogens is 128 g/mol.